The van der Waals surface area contributed by atoms with E-state index < -0.39 is 0 Å². The van der Waals surface area contributed by atoms with Gasteiger partial charge in [0.2, 0.25) is 0 Å². The molecule has 0 unspecified atom stereocenters. The number of para-hydroxylation sites is 1. The Balaban J connectivity index is 2.01. The first-order valence-electron chi connectivity index (χ1n) is 5.91. The molecule has 94 valence electrons. The Morgan fingerprint density at radius 3 is 2.56 bits per heavy atom. The van der Waals surface area contributed by atoms with Crippen molar-refractivity contribution in [3.8, 4) is 0 Å². The van der Waals surface area contributed by atoms with Crippen LogP contribution in [0.5, 0.6) is 0 Å². The van der Waals surface area contributed by atoms with E-state index in [0.717, 1.165) is 23.4 Å². The maximum Gasteiger partial charge on any atom is 0.123 e. The minimum Gasteiger partial charge on any atom is -0.398 e. The van der Waals surface area contributed by atoms with E-state index in [1.807, 2.05) is 37.4 Å². The zero-order valence-electron chi connectivity index (χ0n) is 10.4. The summed E-state index contributed by atoms with van der Waals surface area (Å²) in [5.41, 5.74) is 8.75. The number of hydrogen-bond donors (Lipinski definition) is 1. The quantitative estimate of drug-likeness (QED) is 0.838. The maximum absolute atomic E-state index is 13.1. The van der Waals surface area contributed by atoms with Crippen LogP contribution in [0.25, 0.3) is 0 Å². The largest absolute Gasteiger partial charge is 0.398 e. The molecular formula is C15H17FN2. The molecule has 0 saturated heterocycles. The van der Waals surface area contributed by atoms with Crippen molar-refractivity contribution in [2.24, 2.45) is 0 Å². The number of rotatable bonds is 4. The van der Waals surface area contributed by atoms with Gasteiger partial charge in [-0.2, -0.15) is 0 Å². The highest BCUT2D eigenvalue weighted by Gasteiger charge is 2.04. The highest BCUT2D eigenvalue weighted by molar-refractivity contribution is 5.46. The number of hydrogen-bond acceptors (Lipinski definition) is 2. The second-order valence-electron chi connectivity index (χ2n) is 4.50. The third-order valence-electron chi connectivity index (χ3n) is 2.84. The molecule has 0 spiro atoms. The highest BCUT2D eigenvalue weighted by atomic mass is 19.1. The summed E-state index contributed by atoms with van der Waals surface area (Å²) in [5.74, 6) is -0.194. The van der Waals surface area contributed by atoms with E-state index in [1.165, 1.54) is 6.07 Å². The van der Waals surface area contributed by atoms with Gasteiger partial charge in [0.1, 0.15) is 5.82 Å². The van der Waals surface area contributed by atoms with Crippen molar-refractivity contribution in [2.45, 2.75) is 13.1 Å². The fourth-order valence-electron chi connectivity index (χ4n) is 1.97. The topological polar surface area (TPSA) is 29.3 Å². The predicted molar refractivity (Wildman–Crippen MR) is 72.4 cm³/mol. The Morgan fingerprint density at radius 2 is 1.83 bits per heavy atom. The van der Waals surface area contributed by atoms with Crippen molar-refractivity contribution in [3.63, 3.8) is 0 Å². The number of benzene rings is 2. The first-order chi connectivity index (χ1) is 8.65. The van der Waals surface area contributed by atoms with Gasteiger partial charge in [-0.15, -0.1) is 0 Å². The molecule has 0 bridgehead atoms. The van der Waals surface area contributed by atoms with E-state index >= 15 is 0 Å². The highest BCUT2D eigenvalue weighted by Crippen LogP contribution is 2.14. The summed E-state index contributed by atoms with van der Waals surface area (Å²) < 4.78 is 13.1. The van der Waals surface area contributed by atoms with Gasteiger partial charge in [0, 0.05) is 18.8 Å². The van der Waals surface area contributed by atoms with Crippen molar-refractivity contribution in [1.82, 2.24) is 4.90 Å². The van der Waals surface area contributed by atoms with Gasteiger partial charge in [-0.3, -0.25) is 4.90 Å². The number of anilines is 1. The van der Waals surface area contributed by atoms with E-state index in [4.69, 9.17) is 5.73 Å². The number of nitrogens with zero attached hydrogens (tertiary/aromatic N) is 1. The molecular weight excluding hydrogens is 227 g/mol. The SMILES string of the molecule is CN(Cc1cccc(F)c1)Cc1ccccc1N. The molecule has 0 heterocycles. The van der Waals surface area contributed by atoms with Gasteiger partial charge in [-0.1, -0.05) is 30.3 Å². The van der Waals surface area contributed by atoms with Crippen LogP contribution in [0.3, 0.4) is 0 Å². The third kappa shape index (κ3) is 3.31. The summed E-state index contributed by atoms with van der Waals surface area (Å²) in [7, 11) is 2.00. The summed E-state index contributed by atoms with van der Waals surface area (Å²) in [4.78, 5) is 2.11. The zero-order chi connectivity index (χ0) is 13.0. The smallest absolute Gasteiger partial charge is 0.123 e. The predicted octanol–water partition coefficient (Wildman–Crippen LogP) is 3.04. The lowest BCUT2D eigenvalue weighted by atomic mass is 10.1. The minimum atomic E-state index is -0.194. The molecule has 0 saturated carbocycles. The third-order valence-corrected chi connectivity index (χ3v) is 2.84. The number of halogens is 1. The summed E-state index contributed by atoms with van der Waals surface area (Å²) in [5, 5.41) is 0. The van der Waals surface area contributed by atoms with Gasteiger partial charge in [-0.25, -0.2) is 4.39 Å². The van der Waals surface area contributed by atoms with E-state index in [9.17, 15) is 4.39 Å². The Kier molecular flexibility index (Phi) is 3.95. The summed E-state index contributed by atoms with van der Waals surface area (Å²) in [6, 6.07) is 14.5. The Labute approximate surface area is 107 Å². The molecule has 3 heteroatoms. The van der Waals surface area contributed by atoms with Crippen LogP contribution in [0.4, 0.5) is 10.1 Å². The average Bonchev–Trinajstić information content (AvgIpc) is 2.32. The van der Waals surface area contributed by atoms with Crippen LogP contribution < -0.4 is 5.73 Å². The Morgan fingerprint density at radius 1 is 1.06 bits per heavy atom. The van der Waals surface area contributed by atoms with Crippen molar-refractivity contribution in [3.05, 3.63) is 65.5 Å². The molecule has 0 radical (unpaired) electrons. The van der Waals surface area contributed by atoms with Gasteiger partial charge in [-0.05, 0) is 36.4 Å². The first-order valence-corrected chi connectivity index (χ1v) is 5.91. The van der Waals surface area contributed by atoms with Crippen LogP contribution in [0.15, 0.2) is 48.5 Å². The summed E-state index contributed by atoms with van der Waals surface area (Å²) >= 11 is 0. The fraction of sp³-hybridized carbons (Fsp3) is 0.200. The van der Waals surface area contributed by atoms with Crippen LogP contribution >= 0.6 is 0 Å². The molecule has 0 aromatic heterocycles. The van der Waals surface area contributed by atoms with Crippen LogP contribution in [0, 0.1) is 5.82 Å². The molecule has 2 N–H and O–H groups in total. The molecule has 0 fully saturated rings. The maximum atomic E-state index is 13.1. The van der Waals surface area contributed by atoms with Crippen molar-refractivity contribution in [2.75, 3.05) is 12.8 Å². The summed E-state index contributed by atoms with van der Waals surface area (Å²) in [6.07, 6.45) is 0. The van der Waals surface area contributed by atoms with Crippen molar-refractivity contribution >= 4 is 5.69 Å². The first kappa shape index (κ1) is 12.6. The molecule has 0 atom stereocenters. The minimum absolute atomic E-state index is 0.194. The van der Waals surface area contributed by atoms with Gasteiger partial charge < -0.3 is 5.73 Å². The fourth-order valence-corrected chi connectivity index (χ4v) is 1.97. The lowest BCUT2D eigenvalue weighted by molar-refractivity contribution is 0.319. The van der Waals surface area contributed by atoms with Crippen LogP contribution in [-0.4, -0.2) is 11.9 Å². The van der Waals surface area contributed by atoms with E-state index in [1.54, 1.807) is 12.1 Å². The molecule has 0 aliphatic carbocycles. The molecule has 0 aliphatic rings. The van der Waals surface area contributed by atoms with Gasteiger partial charge >= 0.3 is 0 Å². The number of nitrogens with two attached hydrogens (primary N) is 1. The lowest BCUT2D eigenvalue weighted by Gasteiger charge is -2.17. The van der Waals surface area contributed by atoms with E-state index in [2.05, 4.69) is 4.90 Å². The molecule has 2 nitrogen and oxygen atoms in total. The molecule has 2 aromatic rings. The lowest BCUT2D eigenvalue weighted by Crippen LogP contribution is -2.18. The van der Waals surface area contributed by atoms with Crippen molar-refractivity contribution < 1.29 is 4.39 Å². The number of nitrogen functional groups attached to an aromatic ring is 1. The Hall–Kier alpha value is -1.87. The standard InChI is InChI=1S/C15H17FN2/c1-18(10-12-5-4-7-14(16)9-12)11-13-6-2-3-8-15(13)17/h2-9H,10-11,17H2,1H3. The molecule has 2 aromatic carbocycles. The molecule has 18 heavy (non-hydrogen) atoms. The average molecular weight is 244 g/mol. The zero-order valence-corrected chi connectivity index (χ0v) is 10.4. The second kappa shape index (κ2) is 5.65. The van der Waals surface area contributed by atoms with Crippen LogP contribution in [-0.2, 0) is 13.1 Å². The van der Waals surface area contributed by atoms with E-state index in [0.29, 0.717) is 6.54 Å². The van der Waals surface area contributed by atoms with Crippen LogP contribution in [0.1, 0.15) is 11.1 Å². The van der Waals surface area contributed by atoms with E-state index in [-0.39, 0.29) is 5.82 Å². The molecule has 2 rings (SSSR count). The van der Waals surface area contributed by atoms with Gasteiger partial charge in [0.15, 0.2) is 0 Å². The van der Waals surface area contributed by atoms with Gasteiger partial charge in [0.25, 0.3) is 0 Å². The normalized spacial score (nSPS) is 10.8. The summed E-state index contributed by atoms with van der Waals surface area (Å²) in [6.45, 7) is 1.45. The van der Waals surface area contributed by atoms with Crippen molar-refractivity contribution in [1.29, 1.82) is 0 Å². The van der Waals surface area contributed by atoms with Crippen LogP contribution in [0.2, 0.25) is 0 Å². The molecule has 0 aliphatic heterocycles. The monoisotopic (exact) mass is 244 g/mol. The Bertz CT molecular complexity index is 525. The molecule has 0 amide bonds. The second-order valence-corrected chi connectivity index (χ2v) is 4.50. The van der Waals surface area contributed by atoms with Gasteiger partial charge in [0.05, 0.1) is 0 Å².